The summed E-state index contributed by atoms with van der Waals surface area (Å²) in [4.78, 5) is 23.0. The van der Waals surface area contributed by atoms with Crippen LogP contribution < -0.4 is 16.0 Å². The predicted octanol–water partition coefficient (Wildman–Crippen LogP) is 0.953. The van der Waals surface area contributed by atoms with Crippen LogP contribution in [0.15, 0.2) is 24.3 Å². The summed E-state index contributed by atoms with van der Waals surface area (Å²) in [7, 11) is 0. The first-order chi connectivity index (χ1) is 9.56. The van der Waals surface area contributed by atoms with E-state index < -0.39 is 6.03 Å². The topological polar surface area (TPSA) is 74.8 Å². The molecule has 2 rings (SSSR count). The van der Waals surface area contributed by atoms with Gasteiger partial charge >= 0.3 is 6.03 Å². The summed E-state index contributed by atoms with van der Waals surface area (Å²) < 4.78 is 0. The maximum absolute atomic E-state index is 11.6. The second-order valence-corrected chi connectivity index (χ2v) is 5.45. The standard InChI is InChI=1S/C14H18ClN3O2/c1-9(11-4-2-3-5-12(11)15)16-8-13(19)18-14(20)17-10-6-7-10/h2-5,9-10,16H,6-8H2,1H3,(H2,17,18,19,20)/p+1/t9-/m1/s1. The molecule has 1 aromatic carbocycles. The van der Waals surface area contributed by atoms with Gasteiger partial charge in [-0.15, -0.1) is 0 Å². The third kappa shape index (κ3) is 4.51. The third-order valence-corrected chi connectivity index (χ3v) is 3.56. The average Bonchev–Trinajstić information content (AvgIpc) is 3.20. The summed E-state index contributed by atoms with van der Waals surface area (Å²) in [6.07, 6.45) is 1.99. The number of amides is 3. The Balaban J connectivity index is 1.75. The number of carbonyl (C=O) groups excluding carboxylic acids is 2. The SMILES string of the molecule is C[C@@H]([NH2+]CC(=O)NC(=O)NC1CC1)c1ccccc1Cl. The predicted molar refractivity (Wildman–Crippen MR) is 76.4 cm³/mol. The van der Waals surface area contributed by atoms with Crippen molar-refractivity contribution in [2.45, 2.75) is 31.8 Å². The molecule has 0 bridgehead atoms. The van der Waals surface area contributed by atoms with Crippen LogP contribution in [-0.4, -0.2) is 24.5 Å². The number of carbonyl (C=O) groups is 2. The first-order valence-corrected chi connectivity index (χ1v) is 7.12. The maximum Gasteiger partial charge on any atom is 0.321 e. The highest BCUT2D eigenvalue weighted by molar-refractivity contribution is 6.31. The van der Waals surface area contributed by atoms with Gasteiger partial charge in [0.05, 0.1) is 0 Å². The highest BCUT2D eigenvalue weighted by Crippen LogP contribution is 2.19. The summed E-state index contributed by atoms with van der Waals surface area (Å²) in [5.74, 6) is -0.304. The molecular formula is C14H19ClN3O2+. The van der Waals surface area contributed by atoms with Gasteiger partial charge in [0.2, 0.25) is 0 Å². The molecule has 6 heteroatoms. The molecule has 0 spiro atoms. The van der Waals surface area contributed by atoms with E-state index in [4.69, 9.17) is 11.6 Å². The zero-order valence-corrected chi connectivity index (χ0v) is 12.1. The van der Waals surface area contributed by atoms with Crippen molar-refractivity contribution in [2.75, 3.05) is 6.54 Å². The second-order valence-electron chi connectivity index (χ2n) is 5.05. The summed E-state index contributed by atoms with van der Waals surface area (Å²) in [5, 5.41) is 7.56. The Morgan fingerprint density at radius 2 is 2.10 bits per heavy atom. The summed E-state index contributed by atoms with van der Waals surface area (Å²) in [6.45, 7) is 2.16. The molecule has 5 nitrogen and oxygen atoms in total. The molecule has 0 aromatic heterocycles. The van der Waals surface area contributed by atoms with Crippen molar-refractivity contribution >= 4 is 23.5 Å². The van der Waals surface area contributed by atoms with Crippen molar-refractivity contribution < 1.29 is 14.9 Å². The van der Waals surface area contributed by atoms with Crippen molar-refractivity contribution in [3.05, 3.63) is 34.9 Å². The highest BCUT2D eigenvalue weighted by Gasteiger charge is 2.24. The van der Waals surface area contributed by atoms with Gasteiger partial charge in [0.15, 0.2) is 6.54 Å². The van der Waals surface area contributed by atoms with Crippen LogP contribution in [0.4, 0.5) is 4.79 Å². The van der Waals surface area contributed by atoms with E-state index in [1.165, 1.54) is 0 Å². The van der Waals surface area contributed by atoms with Crippen molar-refractivity contribution in [2.24, 2.45) is 0 Å². The molecule has 0 aliphatic heterocycles. The van der Waals surface area contributed by atoms with E-state index in [1.54, 1.807) is 0 Å². The summed E-state index contributed by atoms with van der Waals surface area (Å²) >= 11 is 6.10. The molecular weight excluding hydrogens is 278 g/mol. The number of quaternary nitrogens is 1. The van der Waals surface area contributed by atoms with Crippen LogP contribution in [0.2, 0.25) is 5.02 Å². The van der Waals surface area contributed by atoms with Crippen LogP contribution in [-0.2, 0) is 4.79 Å². The lowest BCUT2D eigenvalue weighted by Gasteiger charge is -2.12. The van der Waals surface area contributed by atoms with E-state index in [0.29, 0.717) is 5.02 Å². The number of imide groups is 1. The molecule has 3 amide bonds. The number of benzene rings is 1. The fourth-order valence-corrected chi connectivity index (χ4v) is 2.19. The number of nitrogens with one attached hydrogen (secondary N) is 2. The van der Waals surface area contributed by atoms with Crippen LogP contribution in [0.25, 0.3) is 0 Å². The quantitative estimate of drug-likeness (QED) is 0.757. The van der Waals surface area contributed by atoms with Gasteiger partial charge in [-0.1, -0.05) is 29.8 Å². The van der Waals surface area contributed by atoms with Crippen LogP contribution in [0, 0.1) is 0 Å². The van der Waals surface area contributed by atoms with Gasteiger partial charge < -0.3 is 10.6 Å². The van der Waals surface area contributed by atoms with E-state index >= 15 is 0 Å². The second kappa shape index (κ2) is 6.72. The van der Waals surface area contributed by atoms with E-state index in [9.17, 15) is 9.59 Å². The van der Waals surface area contributed by atoms with Crippen LogP contribution >= 0.6 is 11.6 Å². The molecule has 0 unspecified atom stereocenters. The zero-order valence-electron chi connectivity index (χ0n) is 11.4. The minimum absolute atomic E-state index is 0.0564. The van der Waals surface area contributed by atoms with E-state index in [2.05, 4.69) is 10.6 Å². The van der Waals surface area contributed by atoms with Crippen LogP contribution in [0.1, 0.15) is 31.4 Å². The van der Waals surface area contributed by atoms with Crippen LogP contribution in [0.5, 0.6) is 0 Å². The van der Waals surface area contributed by atoms with E-state index in [1.807, 2.05) is 36.5 Å². The number of rotatable bonds is 5. The molecule has 4 N–H and O–H groups in total. The first kappa shape index (κ1) is 14.8. The third-order valence-electron chi connectivity index (χ3n) is 3.22. The number of nitrogens with two attached hydrogens (primary N) is 1. The minimum atomic E-state index is -0.406. The summed E-state index contributed by atoms with van der Waals surface area (Å²) in [5.41, 5.74) is 0.976. The Kier molecular flexibility index (Phi) is 4.98. The van der Waals surface area contributed by atoms with Crippen molar-refractivity contribution in [3.8, 4) is 0 Å². The fourth-order valence-electron chi connectivity index (χ4n) is 1.88. The Bertz CT molecular complexity index is 503. The van der Waals surface area contributed by atoms with Gasteiger partial charge in [0.1, 0.15) is 6.04 Å². The molecule has 1 aliphatic rings. The van der Waals surface area contributed by atoms with Crippen molar-refractivity contribution in [3.63, 3.8) is 0 Å². The molecule has 0 saturated heterocycles. The average molecular weight is 297 g/mol. The van der Waals surface area contributed by atoms with Gasteiger partial charge in [-0.05, 0) is 25.8 Å². The molecule has 108 valence electrons. The van der Waals surface area contributed by atoms with Crippen molar-refractivity contribution in [1.29, 1.82) is 0 Å². The Labute approximate surface area is 123 Å². The van der Waals surface area contributed by atoms with E-state index in [-0.39, 0.29) is 24.5 Å². The number of urea groups is 1. The molecule has 1 aliphatic carbocycles. The lowest BCUT2D eigenvalue weighted by Crippen LogP contribution is -2.87. The fraction of sp³-hybridized carbons (Fsp3) is 0.429. The summed E-state index contributed by atoms with van der Waals surface area (Å²) in [6, 6.07) is 7.43. The largest absolute Gasteiger partial charge is 0.335 e. The highest BCUT2D eigenvalue weighted by atomic mass is 35.5. The number of halogens is 1. The molecule has 1 fully saturated rings. The monoisotopic (exact) mass is 296 g/mol. The van der Waals surface area contributed by atoms with Gasteiger partial charge in [-0.25, -0.2) is 4.79 Å². The molecule has 1 saturated carbocycles. The number of hydrogen-bond donors (Lipinski definition) is 3. The molecule has 1 atom stereocenters. The van der Waals surface area contributed by atoms with Crippen LogP contribution in [0.3, 0.4) is 0 Å². The Morgan fingerprint density at radius 1 is 1.40 bits per heavy atom. The first-order valence-electron chi connectivity index (χ1n) is 6.74. The number of hydrogen-bond acceptors (Lipinski definition) is 2. The Hall–Kier alpha value is -1.59. The van der Waals surface area contributed by atoms with Gasteiger partial charge in [0.25, 0.3) is 5.91 Å². The van der Waals surface area contributed by atoms with Gasteiger partial charge in [-0.3, -0.25) is 10.1 Å². The molecule has 1 aromatic rings. The molecule has 20 heavy (non-hydrogen) atoms. The Morgan fingerprint density at radius 3 is 2.75 bits per heavy atom. The van der Waals surface area contributed by atoms with Gasteiger partial charge in [0, 0.05) is 16.6 Å². The van der Waals surface area contributed by atoms with E-state index in [0.717, 1.165) is 18.4 Å². The lowest BCUT2D eigenvalue weighted by atomic mass is 10.1. The molecule has 0 radical (unpaired) electrons. The maximum atomic E-state index is 11.6. The lowest BCUT2D eigenvalue weighted by molar-refractivity contribution is -0.682. The minimum Gasteiger partial charge on any atom is -0.335 e. The smallest absolute Gasteiger partial charge is 0.321 e. The normalized spacial score (nSPS) is 15.5. The van der Waals surface area contributed by atoms with Gasteiger partial charge in [-0.2, -0.15) is 0 Å². The zero-order chi connectivity index (χ0) is 14.5. The molecule has 0 heterocycles. The van der Waals surface area contributed by atoms with Crippen molar-refractivity contribution in [1.82, 2.24) is 10.6 Å².